The van der Waals surface area contributed by atoms with Gasteiger partial charge in [0.1, 0.15) is 5.75 Å². The number of rotatable bonds is 4. The van der Waals surface area contributed by atoms with E-state index in [1.165, 1.54) is 17.7 Å². The average Bonchev–Trinajstić information content (AvgIpc) is 2.59. The zero-order valence-corrected chi connectivity index (χ0v) is 13.1. The molecule has 0 fully saturated rings. The van der Waals surface area contributed by atoms with E-state index >= 15 is 0 Å². The molecule has 0 aliphatic heterocycles. The molecule has 0 saturated heterocycles. The minimum absolute atomic E-state index is 0.0708. The van der Waals surface area contributed by atoms with Crippen LogP contribution in [-0.4, -0.2) is 11.0 Å². The highest BCUT2D eigenvalue weighted by atomic mass is 16.3. The summed E-state index contributed by atoms with van der Waals surface area (Å²) in [5.41, 5.74) is 9.90. The van der Waals surface area contributed by atoms with Crippen LogP contribution in [0.5, 0.6) is 5.75 Å². The number of benzene rings is 3. The Balaban J connectivity index is 1.66. The molecule has 0 heterocycles. The first-order valence-electron chi connectivity index (χ1n) is 7.64. The van der Waals surface area contributed by atoms with Gasteiger partial charge in [-0.15, -0.1) is 0 Å². The lowest BCUT2D eigenvalue weighted by atomic mass is 10.0. The fourth-order valence-corrected chi connectivity index (χ4v) is 2.43. The van der Waals surface area contributed by atoms with Gasteiger partial charge in [0.15, 0.2) is 0 Å². The van der Waals surface area contributed by atoms with Gasteiger partial charge >= 0.3 is 0 Å². The fraction of sp³-hybridized carbons (Fsp3) is 0.0500. The lowest BCUT2D eigenvalue weighted by molar-refractivity contribution is 0.102. The van der Waals surface area contributed by atoms with Crippen LogP contribution in [-0.2, 0) is 6.42 Å². The third-order valence-corrected chi connectivity index (χ3v) is 3.71. The highest BCUT2D eigenvalue weighted by Crippen LogP contribution is 2.17. The molecule has 0 saturated carbocycles. The van der Waals surface area contributed by atoms with Gasteiger partial charge in [0.2, 0.25) is 0 Å². The van der Waals surface area contributed by atoms with Gasteiger partial charge in [-0.05, 0) is 60.0 Å². The van der Waals surface area contributed by atoms with E-state index in [2.05, 4.69) is 5.32 Å². The molecule has 3 rings (SSSR count). The zero-order chi connectivity index (χ0) is 16.9. The van der Waals surface area contributed by atoms with Gasteiger partial charge in [-0.3, -0.25) is 4.79 Å². The molecule has 0 atom stereocenters. The second kappa shape index (κ2) is 6.87. The summed E-state index contributed by atoms with van der Waals surface area (Å²) in [6, 6.07) is 21.7. The van der Waals surface area contributed by atoms with E-state index < -0.39 is 0 Å². The summed E-state index contributed by atoms with van der Waals surface area (Å²) >= 11 is 0. The van der Waals surface area contributed by atoms with Crippen molar-refractivity contribution >= 4 is 17.3 Å². The molecular weight excluding hydrogens is 300 g/mol. The van der Waals surface area contributed by atoms with Crippen LogP contribution in [0.15, 0.2) is 72.8 Å². The predicted octanol–water partition coefficient (Wildman–Crippen LogP) is 3.82. The molecule has 1 amide bonds. The molecule has 0 unspecified atom stereocenters. The SMILES string of the molecule is Nc1ccc(Cc2ccc(NC(=O)c3cccc(O)c3)cc2)cc1. The first kappa shape index (κ1) is 15.6. The van der Waals surface area contributed by atoms with Gasteiger partial charge < -0.3 is 16.2 Å². The molecule has 3 aromatic rings. The second-order valence-corrected chi connectivity index (χ2v) is 5.62. The summed E-state index contributed by atoms with van der Waals surface area (Å²) in [5.74, 6) is -0.182. The average molecular weight is 318 g/mol. The summed E-state index contributed by atoms with van der Waals surface area (Å²) < 4.78 is 0. The number of hydrogen-bond acceptors (Lipinski definition) is 3. The van der Waals surface area contributed by atoms with Crippen molar-refractivity contribution in [3.8, 4) is 5.75 Å². The quantitative estimate of drug-likeness (QED) is 0.640. The molecule has 4 N–H and O–H groups in total. The number of nitrogen functional groups attached to an aromatic ring is 1. The molecule has 120 valence electrons. The smallest absolute Gasteiger partial charge is 0.255 e. The van der Waals surface area contributed by atoms with Crippen molar-refractivity contribution in [2.75, 3.05) is 11.1 Å². The molecule has 4 heteroatoms. The Morgan fingerprint density at radius 2 is 1.54 bits per heavy atom. The van der Waals surface area contributed by atoms with Crippen LogP contribution >= 0.6 is 0 Å². The van der Waals surface area contributed by atoms with Crippen LogP contribution in [0, 0.1) is 0 Å². The van der Waals surface area contributed by atoms with Crippen LogP contribution < -0.4 is 11.1 Å². The number of hydrogen-bond donors (Lipinski definition) is 3. The number of carbonyl (C=O) groups excluding carboxylic acids is 1. The molecule has 0 radical (unpaired) electrons. The Bertz CT molecular complexity index is 840. The number of aromatic hydroxyl groups is 1. The minimum Gasteiger partial charge on any atom is -0.508 e. The lowest BCUT2D eigenvalue weighted by Gasteiger charge is -2.07. The van der Waals surface area contributed by atoms with Crippen molar-refractivity contribution in [1.82, 2.24) is 0 Å². The highest BCUT2D eigenvalue weighted by Gasteiger charge is 2.06. The molecule has 0 aliphatic rings. The van der Waals surface area contributed by atoms with Crippen molar-refractivity contribution in [3.05, 3.63) is 89.5 Å². The normalized spacial score (nSPS) is 10.3. The summed E-state index contributed by atoms with van der Waals surface area (Å²) in [7, 11) is 0. The summed E-state index contributed by atoms with van der Waals surface area (Å²) in [6.45, 7) is 0. The lowest BCUT2D eigenvalue weighted by Crippen LogP contribution is -2.11. The Kier molecular flexibility index (Phi) is 4.47. The van der Waals surface area contributed by atoms with E-state index in [-0.39, 0.29) is 11.7 Å². The first-order valence-corrected chi connectivity index (χ1v) is 7.64. The third kappa shape index (κ3) is 3.93. The van der Waals surface area contributed by atoms with Crippen LogP contribution in [0.4, 0.5) is 11.4 Å². The van der Waals surface area contributed by atoms with Gasteiger partial charge in [0.25, 0.3) is 5.91 Å². The number of amides is 1. The maximum Gasteiger partial charge on any atom is 0.255 e. The molecule has 24 heavy (non-hydrogen) atoms. The topological polar surface area (TPSA) is 75.3 Å². The molecule has 3 aromatic carbocycles. The van der Waals surface area contributed by atoms with Crippen molar-refractivity contribution in [3.63, 3.8) is 0 Å². The number of carbonyl (C=O) groups is 1. The third-order valence-electron chi connectivity index (χ3n) is 3.71. The van der Waals surface area contributed by atoms with Gasteiger partial charge in [0, 0.05) is 16.9 Å². The van der Waals surface area contributed by atoms with Gasteiger partial charge in [-0.25, -0.2) is 0 Å². The molecule has 0 aromatic heterocycles. The Morgan fingerprint density at radius 3 is 2.17 bits per heavy atom. The van der Waals surface area contributed by atoms with Crippen molar-refractivity contribution in [1.29, 1.82) is 0 Å². The van der Waals surface area contributed by atoms with E-state index in [1.54, 1.807) is 12.1 Å². The van der Waals surface area contributed by atoms with Crippen molar-refractivity contribution < 1.29 is 9.90 Å². The van der Waals surface area contributed by atoms with Gasteiger partial charge in [-0.1, -0.05) is 30.3 Å². The summed E-state index contributed by atoms with van der Waals surface area (Å²) in [4.78, 5) is 12.1. The Hall–Kier alpha value is -3.27. The van der Waals surface area contributed by atoms with Crippen LogP contribution in [0.3, 0.4) is 0 Å². The summed E-state index contributed by atoms with van der Waals surface area (Å²) in [6.07, 6.45) is 0.807. The highest BCUT2D eigenvalue weighted by molar-refractivity contribution is 6.04. The fourth-order valence-electron chi connectivity index (χ4n) is 2.43. The van der Waals surface area contributed by atoms with Crippen molar-refractivity contribution in [2.24, 2.45) is 0 Å². The molecule has 4 nitrogen and oxygen atoms in total. The predicted molar refractivity (Wildman–Crippen MR) is 96.2 cm³/mol. The molecule has 0 spiro atoms. The Labute approximate surface area is 140 Å². The number of phenols is 1. The van der Waals surface area contributed by atoms with Crippen molar-refractivity contribution in [2.45, 2.75) is 6.42 Å². The maximum atomic E-state index is 12.1. The number of phenolic OH excluding ortho intramolecular Hbond substituents is 1. The summed E-state index contributed by atoms with van der Waals surface area (Å²) in [5, 5.41) is 12.3. The maximum absolute atomic E-state index is 12.1. The van der Waals surface area contributed by atoms with Crippen LogP contribution in [0.2, 0.25) is 0 Å². The largest absolute Gasteiger partial charge is 0.508 e. The van der Waals surface area contributed by atoms with E-state index in [4.69, 9.17) is 5.73 Å². The monoisotopic (exact) mass is 318 g/mol. The standard InChI is InChI=1S/C20H18N2O2/c21-17-8-4-14(5-9-17)12-15-6-10-18(11-7-15)22-20(24)16-2-1-3-19(23)13-16/h1-11,13,23H,12,21H2,(H,22,24). The molecule has 0 bridgehead atoms. The molecular formula is C20H18N2O2. The molecule has 0 aliphatic carbocycles. The number of nitrogens with two attached hydrogens (primary N) is 1. The Morgan fingerprint density at radius 1 is 0.917 bits per heavy atom. The van der Waals surface area contributed by atoms with E-state index in [9.17, 15) is 9.90 Å². The first-order chi connectivity index (χ1) is 11.6. The second-order valence-electron chi connectivity index (χ2n) is 5.62. The number of nitrogens with one attached hydrogen (secondary N) is 1. The van der Waals surface area contributed by atoms with Crippen LogP contribution in [0.25, 0.3) is 0 Å². The van der Waals surface area contributed by atoms with E-state index in [0.29, 0.717) is 11.3 Å². The van der Waals surface area contributed by atoms with Crippen LogP contribution in [0.1, 0.15) is 21.5 Å². The van der Waals surface area contributed by atoms with E-state index in [1.807, 2.05) is 48.5 Å². The van der Waals surface area contributed by atoms with Gasteiger partial charge in [-0.2, -0.15) is 0 Å². The van der Waals surface area contributed by atoms with E-state index in [0.717, 1.165) is 17.7 Å². The minimum atomic E-state index is -0.253. The zero-order valence-electron chi connectivity index (χ0n) is 13.1. The van der Waals surface area contributed by atoms with Gasteiger partial charge in [0.05, 0.1) is 0 Å². The number of anilines is 2.